The van der Waals surface area contributed by atoms with Crippen molar-refractivity contribution >= 4 is 42.4 Å². The topological polar surface area (TPSA) is 54.7 Å². The maximum atomic E-state index is 5.54. The molecule has 0 aliphatic carbocycles. The largest absolute Gasteiger partial charge is 0.382 e. The molecule has 2 radical (unpaired) electrons. The highest BCUT2D eigenvalue weighted by atomic mass is 35.5. The molecule has 2 rings (SSSR count). The fourth-order valence-corrected chi connectivity index (χ4v) is 1.06. The Balaban J connectivity index is 0.000000720. The molecular weight excluding hydrogens is 172 g/mol. The number of nitrogens with two attached hydrogens (primary N) is 1. The number of rotatable bonds is 0. The zero-order valence-electron chi connectivity index (χ0n) is 6.24. The predicted octanol–water partition coefficient (Wildman–Crippen LogP) is 0.361. The first kappa shape index (κ1) is 8.94. The molecule has 60 valence electrons. The van der Waals surface area contributed by atoms with Crippen molar-refractivity contribution in [3.8, 4) is 0 Å². The number of nitrogens with zero attached hydrogens (tertiary/aromatic N) is 1. The summed E-state index contributed by atoms with van der Waals surface area (Å²) in [5.74, 6) is 0.514. The van der Waals surface area contributed by atoms with Gasteiger partial charge in [-0.05, 0) is 12.1 Å². The molecule has 1 aromatic carbocycles. The van der Waals surface area contributed by atoms with E-state index in [4.69, 9.17) is 13.6 Å². The van der Waals surface area contributed by atoms with Crippen LogP contribution in [0.1, 0.15) is 0 Å². The fraction of sp³-hybridized carbons (Fsp3) is 0. The molecule has 0 spiro atoms. The molecular formula is C7H7BClN3. The summed E-state index contributed by atoms with van der Waals surface area (Å²) in [6.07, 6.45) is 0. The van der Waals surface area contributed by atoms with Gasteiger partial charge in [-0.3, -0.25) is 5.10 Å². The van der Waals surface area contributed by atoms with E-state index in [1.54, 1.807) is 12.1 Å². The van der Waals surface area contributed by atoms with Gasteiger partial charge in [-0.25, -0.2) is 0 Å². The number of hydrogen-bond donors (Lipinski definition) is 2. The minimum absolute atomic E-state index is 0. The van der Waals surface area contributed by atoms with E-state index >= 15 is 0 Å². The van der Waals surface area contributed by atoms with E-state index in [1.165, 1.54) is 0 Å². The second-order valence-corrected chi connectivity index (χ2v) is 2.41. The van der Waals surface area contributed by atoms with Gasteiger partial charge < -0.3 is 5.73 Å². The van der Waals surface area contributed by atoms with Crippen molar-refractivity contribution in [1.29, 1.82) is 0 Å². The molecule has 1 heterocycles. The molecule has 0 atom stereocenters. The van der Waals surface area contributed by atoms with E-state index in [0.717, 1.165) is 10.9 Å². The van der Waals surface area contributed by atoms with Crippen molar-refractivity contribution in [2.45, 2.75) is 0 Å². The fourth-order valence-electron chi connectivity index (χ4n) is 1.06. The lowest BCUT2D eigenvalue weighted by Gasteiger charge is -1.91. The van der Waals surface area contributed by atoms with Crippen molar-refractivity contribution in [2.24, 2.45) is 0 Å². The SMILES string of the molecule is Cl.[B]c1ccc2c(N)n[nH]c2c1. The molecule has 0 fully saturated rings. The average molecular weight is 179 g/mol. The summed E-state index contributed by atoms with van der Waals surface area (Å²) in [7, 11) is 5.54. The molecule has 1 aromatic heterocycles. The van der Waals surface area contributed by atoms with Crippen LogP contribution in [0.5, 0.6) is 0 Å². The molecule has 2 aromatic rings. The monoisotopic (exact) mass is 179 g/mol. The first-order chi connectivity index (χ1) is 5.27. The van der Waals surface area contributed by atoms with Gasteiger partial charge in [0.15, 0.2) is 5.82 Å². The number of fused-ring (bicyclic) bond motifs is 1. The number of halogens is 1. The maximum Gasteiger partial charge on any atom is 0.153 e. The Morgan fingerprint density at radius 1 is 1.42 bits per heavy atom. The van der Waals surface area contributed by atoms with Crippen LogP contribution in [-0.4, -0.2) is 18.0 Å². The first-order valence-corrected chi connectivity index (χ1v) is 3.26. The number of H-pyrrole nitrogens is 1. The van der Waals surface area contributed by atoms with Crippen LogP contribution in [0.4, 0.5) is 5.82 Å². The molecule has 3 N–H and O–H groups in total. The number of nitrogens with one attached hydrogen (secondary N) is 1. The average Bonchev–Trinajstić information content (AvgIpc) is 2.32. The lowest BCUT2D eigenvalue weighted by molar-refractivity contribution is 1.13. The van der Waals surface area contributed by atoms with E-state index in [0.29, 0.717) is 11.3 Å². The van der Waals surface area contributed by atoms with Crippen LogP contribution in [0.2, 0.25) is 0 Å². The van der Waals surface area contributed by atoms with Crippen molar-refractivity contribution in [3.05, 3.63) is 18.2 Å². The van der Waals surface area contributed by atoms with Crippen LogP contribution in [-0.2, 0) is 0 Å². The molecule has 12 heavy (non-hydrogen) atoms. The second kappa shape index (κ2) is 3.07. The van der Waals surface area contributed by atoms with Gasteiger partial charge in [-0.15, -0.1) is 12.4 Å². The minimum atomic E-state index is 0. The van der Waals surface area contributed by atoms with Crippen LogP contribution in [0, 0.1) is 0 Å². The quantitative estimate of drug-likeness (QED) is 0.574. The molecule has 3 nitrogen and oxygen atoms in total. The maximum absolute atomic E-state index is 5.54. The smallest absolute Gasteiger partial charge is 0.153 e. The lowest BCUT2D eigenvalue weighted by Crippen LogP contribution is -1.99. The van der Waals surface area contributed by atoms with E-state index in [2.05, 4.69) is 10.2 Å². The number of nitrogen functional groups attached to an aromatic ring is 1. The summed E-state index contributed by atoms with van der Waals surface area (Å²) in [5.41, 5.74) is 7.13. The predicted molar refractivity (Wildman–Crippen MR) is 53.1 cm³/mol. The summed E-state index contributed by atoms with van der Waals surface area (Å²) >= 11 is 0. The van der Waals surface area contributed by atoms with Crippen molar-refractivity contribution in [2.75, 3.05) is 5.73 Å². The van der Waals surface area contributed by atoms with E-state index in [1.807, 2.05) is 6.07 Å². The van der Waals surface area contributed by atoms with Crippen LogP contribution in [0.15, 0.2) is 18.2 Å². The Hall–Kier alpha value is -1.16. The number of aromatic nitrogens is 2. The summed E-state index contributed by atoms with van der Waals surface area (Å²) in [6, 6.07) is 5.45. The number of aromatic amines is 1. The Kier molecular flexibility index (Phi) is 2.28. The Morgan fingerprint density at radius 3 is 2.92 bits per heavy atom. The van der Waals surface area contributed by atoms with E-state index < -0.39 is 0 Å². The highest BCUT2D eigenvalue weighted by Gasteiger charge is 1.99. The van der Waals surface area contributed by atoms with Crippen molar-refractivity contribution in [3.63, 3.8) is 0 Å². The third-order valence-corrected chi connectivity index (χ3v) is 1.62. The zero-order valence-corrected chi connectivity index (χ0v) is 7.06. The van der Waals surface area contributed by atoms with Crippen LogP contribution in [0.3, 0.4) is 0 Å². The molecule has 0 saturated carbocycles. The Bertz CT molecular complexity index is 398. The molecule has 0 saturated heterocycles. The molecule has 0 aliphatic heterocycles. The molecule has 5 heteroatoms. The van der Waals surface area contributed by atoms with Gasteiger partial charge in [0.25, 0.3) is 0 Å². The minimum Gasteiger partial charge on any atom is -0.382 e. The highest BCUT2D eigenvalue weighted by Crippen LogP contribution is 2.14. The number of anilines is 1. The lowest BCUT2D eigenvalue weighted by atomic mass is 9.95. The third kappa shape index (κ3) is 1.25. The summed E-state index contributed by atoms with van der Waals surface area (Å²) in [6.45, 7) is 0. The van der Waals surface area contributed by atoms with Crippen molar-refractivity contribution in [1.82, 2.24) is 10.2 Å². The van der Waals surface area contributed by atoms with Gasteiger partial charge in [-0.2, -0.15) is 5.10 Å². The second-order valence-electron chi connectivity index (χ2n) is 2.41. The Labute approximate surface area is 77.2 Å². The van der Waals surface area contributed by atoms with Crippen molar-refractivity contribution < 1.29 is 0 Å². The number of hydrogen-bond acceptors (Lipinski definition) is 2. The van der Waals surface area contributed by atoms with Crippen LogP contribution in [0.25, 0.3) is 10.9 Å². The molecule has 0 bridgehead atoms. The molecule has 0 aliphatic rings. The summed E-state index contributed by atoms with van der Waals surface area (Å²) in [4.78, 5) is 0. The van der Waals surface area contributed by atoms with Gasteiger partial charge in [0, 0.05) is 5.39 Å². The Morgan fingerprint density at radius 2 is 2.17 bits per heavy atom. The number of benzene rings is 1. The van der Waals surface area contributed by atoms with Gasteiger partial charge in [0.2, 0.25) is 0 Å². The normalized spacial score (nSPS) is 9.67. The van der Waals surface area contributed by atoms with Crippen LogP contribution < -0.4 is 11.2 Å². The molecule has 0 unspecified atom stereocenters. The summed E-state index contributed by atoms with van der Waals surface area (Å²) in [5, 5.41) is 7.52. The van der Waals surface area contributed by atoms with E-state index in [-0.39, 0.29) is 12.4 Å². The standard InChI is InChI=1S/C7H6BN3.ClH/c8-4-1-2-5-6(3-4)10-11-7(5)9;/h1-3H,(H3,9,10,11);1H. The van der Waals surface area contributed by atoms with Gasteiger partial charge >= 0.3 is 0 Å². The molecule has 0 amide bonds. The third-order valence-electron chi connectivity index (χ3n) is 1.62. The van der Waals surface area contributed by atoms with Crippen LogP contribution >= 0.6 is 12.4 Å². The van der Waals surface area contributed by atoms with Gasteiger partial charge in [0.1, 0.15) is 7.85 Å². The highest BCUT2D eigenvalue weighted by molar-refractivity contribution is 6.33. The van der Waals surface area contributed by atoms with Gasteiger partial charge in [0.05, 0.1) is 5.52 Å². The first-order valence-electron chi connectivity index (χ1n) is 3.26. The zero-order chi connectivity index (χ0) is 7.84. The van der Waals surface area contributed by atoms with E-state index in [9.17, 15) is 0 Å². The van der Waals surface area contributed by atoms with Gasteiger partial charge in [-0.1, -0.05) is 11.5 Å². The summed E-state index contributed by atoms with van der Waals surface area (Å²) < 4.78 is 0.